The molecule has 0 bridgehead atoms. The van der Waals surface area contributed by atoms with Gasteiger partial charge in [0.25, 0.3) is 0 Å². The van der Waals surface area contributed by atoms with Gasteiger partial charge in [-0.3, -0.25) is 0 Å². The van der Waals surface area contributed by atoms with E-state index in [0.717, 1.165) is 11.8 Å². The summed E-state index contributed by atoms with van der Waals surface area (Å²) in [7, 11) is 1.87. The Morgan fingerprint density at radius 3 is 2.44 bits per heavy atom. The van der Waals surface area contributed by atoms with Crippen molar-refractivity contribution in [3.63, 3.8) is 0 Å². The van der Waals surface area contributed by atoms with Crippen molar-refractivity contribution in [3.8, 4) is 0 Å². The number of nitrogens with one attached hydrogen (secondary N) is 1. The van der Waals surface area contributed by atoms with Crippen LogP contribution in [0.3, 0.4) is 0 Å². The van der Waals surface area contributed by atoms with Gasteiger partial charge in [-0.25, -0.2) is 0 Å². The monoisotopic (exact) mass is 253 g/mol. The molecule has 2 aliphatic carbocycles. The molecule has 2 rings (SSSR count). The van der Waals surface area contributed by atoms with E-state index in [0.29, 0.717) is 12.1 Å². The average Bonchev–Trinajstić information content (AvgIpc) is 2.41. The second kappa shape index (κ2) is 7.49. The largest absolute Gasteiger partial charge is 0.380 e. The van der Waals surface area contributed by atoms with E-state index in [-0.39, 0.29) is 0 Å². The van der Waals surface area contributed by atoms with Crippen LogP contribution in [-0.4, -0.2) is 25.8 Å². The third kappa shape index (κ3) is 4.24. The Bertz CT molecular complexity index is 223. The van der Waals surface area contributed by atoms with E-state index in [9.17, 15) is 0 Å². The minimum absolute atomic E-state index is 0.463. The Balaban J connectivity index is 1.62. The molecule has 2 nitrogen and oxygen atoms in total. The quantitative estimate of drug-likeness (QED) is 0.805. The highest BCUT2D eigenvalue weighted by Crippen LogP contribution is 2.30. The lowest BCUT2D eigenvalue weighted by Crippen LogP contribution is -2.43. The van der Waals surface area contributed by atoms with Crippen molar-refractivity contribution in [3.05, 3.63) is 0 Å². The number of hydrogen-bond donors (Lipinski definition) is 1. The third-order valence-electron chi connectivity index (χ3n) is 5.10. The molecule has 106 valence electrons. The number of hydrogen-bond acceptors (Lipinski definition) is 2. The lowest BCUT2D eigenvalue weighted by molar-refractivity contribution is 0.0412. The van der Waals surface area contributed by atoms with Gasteiger partial charge in [-0.2, -0.15) is 0 Å². The van der Waals surface area contributed by atoms with Gasteiger partial charge in [0.2, 0.25) is 0 Å². The molecule has 2 heteroatoms. The van der Waals surface area contributed by atoms with Crippen LogP contribution in [0.4, 0.5) is 0 Å². The van der Waals surface area contributed by atoms with Gasteiger partial charge >= 0.3 is 0 Å². The highest BCUT2D eigenvalue weighted by Gasteiger charge is 2.24. The third-order valence-corrected chi connectivity index (χ3v) is 5.10. The standard InChI is InChI=1S/C16H31NO/c1-13-7-9-14(10-8-13)11-12-17-15-5-3-4-6-16(15)18-2/h13-17H,3-12H2,1-2H3. The molecule has 0 aromatic carbocycles. The molecule has 2 atom stereocenters. The van der Waals surface area contributed by atoms with E-state index in [1.54, 1.807) is 0 Å². The molecule has 0 aliphatic heterocycles. The minimum Gasteiger partial charge on any atom is -0.380 e. The molecule has 2 fully saturated rings. The molecule has 0 spiro atoms. The number of methoxy groups -OCH3 is 1. The SMILES string of the molecule is COC1CCCCC1NCCC1CCC(C)CC1. The second-order valence-electron chi connectivity index (χ2n) is 6.53. The summed E-state index contributed by atoms with van der Waals surface area (Å²) >= 11 is 0. The Morgan fingerprint density at radius 2 is 1.72 bits per heavy atom. The summed E-state index contributed by atoms with van der Waals surface area (Å²) in [6.07, 6.45) is 12.9. The zero-order valence-corrected chi connectivity index (χ0v) is 12.3. The molecule has 2 aliphatic rings. The summed E-state index contributed by atoms with van der Waals surface area (Å²) in [5.41, 5.74) is 0. The molecule has 0 saturated heterocycles. The fourth-order valence-corrected chi connectivity index (χ4v) is 3.70. The van der Waals surface area contributed by atoms with Gasteiger partial charge < -0.3 is 10.1 Å². The summed E-state index contributed by atoms with van der Waals surface area (Å²) in [6, 6.07) is 0.617. The van der Waals surface area contributed by atoms with E-state index in [1.807, 2.05) is 7.11 Å². The first-order valence-corrected chi connectivity index (χ1v) is 8.05. The van der Waals surface area contributed by atoms with Gasteiger partial charge in [-0.15, -0.1) is 0 Å². The van der Waals surface area contributed by atoms with E-state index >= 15 is 0 Å². The van der Waals surface area contributed by atoms with E-state index in [2.05, 4.69) is 12.2 Å². The molecule has 0 aromatic heterocycles. The van der Waals surface area contributed by atoms with Crippen LogP contribution in [0, 0.1) is 11.8 Å². The lowest BCUT2D eigenvalue weighted by atomic mass is 9.81. The van der Waals surface area contributed by atoms with E-state index in [4.69, 9.17) is 4.74 Å². The highest BCUT2D eigenvalue weighted by molar-refractivity contribution is 4.82. The van der Waals surface area contributed by atoms with Gasteiger partial charge in [-0.1, -0.05) is 45.4 Å². The van der Waals surface area contributed by atoms with Gasteiger partial charge in [0.05, 0.1) is 6.10 Å². The smallest absolute Gasteiger partial charge is 0.0724 e. The van der Waals surface area contributed by atoms with Crippen molar-refractivity contribution in [2.24, 2.45) is 11.8 Å². The molecular weight excluding hydrogens is 222 g/mol. The molecule has 18 heavy (non-hydrogen) atoms. The van der Waals surface area contributed by atoms with Crippen LogP contribution in [0.25, 0.3) is 0 Å². The Morgan fingerprint density at radius 1 is 1.00 bits per heavy atom. The summed E-state index contributed by atoms with van der Waals surface area (Å²) < 4.78 is 5.60. The average molecular weight is 253 g/mol. The molecule has 0 aromatic rings. The summed E-state index contributed by atoms with van der Waals surface area (Å²) in [5, 5.41) is 3.76. The first-order chi connectivity index (χ1) is 8.79. The molecule has 1 N–H and O–H groups in total. The van der Waals surface area contributed by atoms with Crippen molar-refractivity contribution >= 4 is 0 Å². The van der Waals surface area contributed by atoms with Crippen molar-refractivity contribution < 1.29 is 4.74 Å². The Labute approximate surface area is 113 Å². The fraction of sp³-hybridized carbons (Fsp3) is 1.00. The zero-order valence-electron chi connectivity index (χ0n) is 12.3. The minimum atomic E-state index is 0.463. The molecule has 2 saturated carbocycles. The van der Waals surface area contributed by atoms with E-state index < -0.39 is 0 Å². The summed E-state index contributed by atoms with van der Waals surface area (Å²) in [5.74, 6) is 1.96. The maximum absolute atomic E-state index is 5.60. The predicted octanol–water partition coefficient (Wildman–Crippen LogP) is 3.75. The van der Waals surface area contributed by atoms with Crippen LogP contribution in [0.5, 0.6) is 0 Å². The van der Waals surface area contributed by atoms with Crippen LogP contribution in [-0.2, 0) is 4.74 Å². The first-order valence-electron chi connectivity index (χ1n) is 8.05. The van der Waals surface area contributed by atoms with Crippen LogP contribution in [0.15, 0.2) is 0 Å². The van der Waals surface area contributed by atoms with Gasteiger partial charge in [0.1, 0.15) is 0 Å². The van der Waals surface area contributed by atoms with Gasteiger partial charge in [-0.05, 0) is 37.6 Å². The second-order valence-corrected chi connectivity index (χ2v) is 6.53. The van der Waals surface area contributed by atoms with Gasteiger partial charge in [0, 0.05) is 13.2 Å². The van der Waals surface area contributed by atoms with Crippen molar-refractivity contribution in [1.29, 1.82) is 0 Å². The van der Waals surface area contributed by atoms with Crippen LogP contribution >= 0.6 is 0 Å². The summed E-state index contributed by atoms with van der Waals surface area (Å²) in [6.45, 7) is 3.60. The topological polar surface area (TPSA) is 21.3 Å². The Kier molecular flexibility index (Phi) is 5.97. The molecule has 0 amide bonds. The number of ether oxygens (including phenoxy) is 1. The van der Waals surface area contributed by atoms with Crippen LogP contribution < -0.4 is 5.32 Å². The van der Waals surface area contributed by atoms with Crippen molar-refractivity contribution in [2.75, 3.05) is 13.7 Å². The molecule has 0 radical (unpaired) electrons. The lowest BCUT2D eigenvalue weighted by Gasteiger charge is -2.32. The molecular formula is C16H31NO. The van der Waals surface area contributed by atoms with Crippen LogP contribution in [0.2, 0.25) is 0 Å². The highest BCUT2D eigenvalue weighted by atomic mass is 16.5. The maximum atomic E-state index is 5.60. The Hall–Kier alpha value is -0.0800. The summed E-state index contributed by atoms with van der Waals surface area (Å²) in [4.78, 5) is 0. The molecule has 0 heterocycles. The van der Waals surface area contributed by atoms with Crippen molar-refractivity contribution in [2.45, 2.75) is 76.9 Å². The predicted molar refractivity (Wildman–Crippen MR) is 76.8 cm³/mol. The van der Waals surface area contributed by atoms with Crippen molar-refractivity contribution in [1.82, 2.24) is 5.32 Å². The fourth-order valence-electron chi connectivity index (χ4n) is 3.70. The van der Waals surface area contributed by atoms with E-state index in [1.165, 1.54) is 64.3 Å². The molecule has 2 unspecified atom stereocenters. The number of rotatable bonds is 5. The normalized spacial score (nSPS) is 37.7. The maximum Gasteiger partial charge on any atom is 0.0724 e. The van der Waals surface area contributed by atoms with Gasteiger partial charge in [0.15, 0.2) is 0 Å². The first kappa shape index (κ1) is 14.3. The zero-order chi connectivity index (χ0) is 12.8. The van der Waals surface area contributed by atoms with Crippen LogP contribution in [0.1, 0.15) is 64.7 Å².